The lowest BCUT2D eigenvalue weighted by molar-refractivity contribution is -0.143. The van der Waals surface area contributed by atoms with Crippen molar-refractivity contribution in [2.45, 2.75) is 45.6 Å². The maximum absolute atomic E-state index is 11.0. The van der Waals surface area contributed by atoms with Gasteiger partial charge in [-0.3, -0.25) is 4.79 Å². The predicted octanol–water partition coefficient (Wildman–Crippen LogP) is 1.88. The highest BCUT2D eigenvalue weighted by atomic mass is 16.4. The minimum atomic E-state index is -0.635. The minimum absolute atomic E-state index is 0.167. The highest BCUT2D eigenvalue weighted by Crippen LogP contribution is 2.42. The van der Waals surface area contributed by atoms with Crippen molar-refractivity contribution in [2.24, 2.45) is 17.3 Å². The zero-order chi connectivity index (χ0) is 11.1. The second-order valence-electron chi connectivity index (χ2n) is 5.95. The summed E-state index contributed by atoms with van der Waals surface area (Å²) in [6.45, 7) is 5.26. The number of carboxylic acid groups (broad SMARTS) is 1. The zero-order valence-electron chi connectivity index (χ0n) is 9.62. The minimum Gasteiger partial charge on any atom is -0.481 e. The van der Waals surface area contributed by atoms with Crippen molar-refractivity contribution in [3.8, 4) is 0 Å². The van der Waals surface area contributed by atoms with Crippen LogP contribution in [0.2, 0.25) is 0 Å². The van der Waals surface area contributed by atoms with Gasteiger partial charge in [-0.05, 0) is 37.0 Å². The average Bonchev–Trinajstić information content (AvgIpc) is 2.15. The van der Waals surface area contributed by atoms with Gasteiger partial charge in [0, 0.05) is 12.6 Å². The summed E-state index contributed by atoms with van der Waals surface area (Å²) >= 11 is 0. The van der Waals surface area contributed by atoms with Gasteiger partial charge in [-0.1, -0.05) is 13.8 Å². The monoisotopic (exact) mass is 211 g/mol. The van der Waals surface area contributed by atoms with Crippen LogP contribution in [0.15, 0.2) is 0 Å². The van der Waals surface area contributed by atoms with E-state index in [9.17, 15) is 4.79 Å². The van der Waals surface area contributed by atoms with Crippen molar-refractivity contribution in [1.82, 2.24) is 5.32 Å². The molecule has 0 radical (unpaired) electrons. The first-order valence-electron chi connectivity index (χ1n) is 5.94. The summed E-state index contributed by atoms with van der Waals surface area (Å²) in [5, 5.41) is 12.4. The van der Waals surface area contributed by atoms with Crippen molar-refractivity contribution in [3.63, 3.8) is 0 Å². The number of carboxylic acids is 1. The topological polar surface area (TPSA) is 49.3 Å². The molecule has 2 N–H and O–H groups in total. The first-order valence-corrected chi connectivity index (χ1v) is 5.94. The molecular weight excluding hydrogens is 190 g/mol. The highest BCUT2D eigenvalue weighted by Gasteiger charge is 2.40. The van der Waals surface area contributed by atoms with E-state index < -0.39 is 5.97 Å². The molecule has 3 unspecified atom stereocenters. The van der Waals surface area contributed by atoms with E-state index in [1.54, 1.807) is 0 Å². The van der Waals surface area contributed by atoms with Crippen LogP contribution in [0.1, 0.15) is 39.5 Å². The number of aliphatic carboxylic acids is 1. The van der Waals surface area contributed by atoms with Gasteiger partial charge in [0.2, 0.25) is 0 Å². The third-order valence-corrected chi connectivity index (χ3v) is 4.08. The molecule has 0 aromatic rings. The Hall–Kier alpha value is -0.570. The number of hydrogen-bond donors (Lipinski definition) is 2. The SMILES string of the molecule is CC1(C)CCC2NCC(C(=O)O)CC2C1. The maximum atomic E-state index is 11.0. The van der Waals surface area contributed by atoms with E-state index in [0.717, 1.165) is 6.42 Å². The van der Waals surface area contributed by atoms with E-state index in [-0.39, 0.29) is 5.92 Å². The summed E-state index contributed by atoms with van der Waals surface area (Å²) in [6.07, 6.45) is 4.52. The molecule has 0 aromatic heterocycles. The van der Waals surface area contributed by atoms with Crippen LogP contribution in [0.25, 0.3) is 0 Å². The predicted molar refractivity (Wildman–Crippen MR) is 58.7 cm³/mol. The second kappa shape index (κ2) is 3.78. The standard InChI is InChI=1S/C12H21NO2/c1-12(2)4-3-10-8(6-12)5-9(7-13-10)11(14)15/h8-10,13H,3-7H2,1-2H3,(H,14,15). The van der Waals surface area contributed by atoms with Crippen molar-refractivity contribution >= 4 is 5.97 Å². The quantitative estimate of drug-likeness (QED) is 0.696. The van der Waals surface area contributed by atoms with E-state index in [4.69, 9.17) is 5.11 Å². The van der Waals surface area contributed by atoms with E-state index in [1.807, 2.05) is 0 Å². The van der Waals surface area contributed by atoms with Gasteiger partial charge in [0.1, 0.15) is 0 Å². The first-order chi connectivity index (χ1) is 6.98. The van der Waals surface area contributed by atoms with Gasteiger partial charge in [0.05, 0.1) is 5.92 Å². The summed E-state index contributed by atoms with van der Waals surface area (Å²) in [4.78, 5) is 11.0. The summed E-state index contributed by atoms with van der Waals surface area (Å²) in [5.41, 5.74) is 0.406. The Labute approximate surface area is 91.2 Å². The van der Waals surface area contributed by atoms with E-state index in [0.29, 0.717) is 23.9 Å². The molecule has 86 valence electrons. The molecule has 0 spiro atoms. The molecule has 2 rings (SSSR count). The van der Waals surface area contributed by atoms with Crippen molar-refractivity contribution < 1.29 is 9.90 Å². The van der Waals surface area contributed by atoms with Crippen LogP contribution in [-0.2, 0) is 4.79 Å². The molecule has 0 bridgehead atoms. The lowest BCUT2D eigenvalue weighted by Crippen LogP contribution is -2.51. The molecule has 1 aliphatic heterocycles. The molecule has 3 atom stereocenters. The highest BCUT2D eigenvalue weighted by molar-refractivity contribution is 5.70. The average molecular weight is 211 g/mol. The largest absolute Gasteiger partial charge is 0.481 e. The van der Waals surface area contributed by atoms with Gasteiger partial charge in [-0.15, -0.1) is 0 Å². The molecule has 1 saturated heterocycles. The Balaban J connectivity index is 2.01. The number of nitrogens with one attached hydrogen (secondary N) is 1. The molecule has 1 saturated carbocycles. The van der Waals surface area contributed by atoms with Crippen LogP contribution in [0.3, 0.4) is 0 Å². The number of hydrogen-bond acceptors (Lipinski definition) is 2. The lowest BCUT2D eigenvalue weighted by Gasteiger charge is -2.45. The molecule has 0 amide bonds. The van der Waals surface area contributed by atoms with Gasteiger partial charge in [0.25, 0.3) is 0 Å². The van der Waals surface area contributed by atoms with Crippen molar-refractivity contribution in [3.05, 3.63) is 0 Å². The fourth-order valence-electron chi connectivity index (χ4n) is 3.18. The third kappa shape index (κ3) is 2.33. The normalized spacial score (nSPS) is 39.5. The Morgan fingerprint density at radius 3 is 2.87 bits per heavy atom. The van der Waals surface area contributed by atoms with Crippen LogP contribution in [0.5, 0.6) is 0 Å². The number of piperidine rings is 1. The van der Waals surface area contributed by atoms with E-state index in [1.165, 1.54) is 19.3 Å². The van der Waals surface area contributed by atoms with Crippen LogP contribution < -0.4 is 5.32 Å². The summed E-state index contributed by atoms with van der Waals surface area (Å²) in [7, 11) is 0. The first kappa shape index (κ1) is 10.9. The molecule has 2 aliphatic rings. The Morgan fingerprint density at radius 2 is 2.20 bits per heavy atom. The molecule has 3 heteroatoms. The van der Waals surface area contributed by atoms with Gasteiger partial charge >= 0.3 is 5.97 Å². The van der Waals surface area contributed by atoms with E-state index >= 15 is 0 Å². The zero-order valence-corrected chi connectivity index (χ0v) is 9.62. The molecule has 15 heavy (non-hydrogen) atoms. The van der Waals surface area contributed by atoms with Crippen molar-refractivity contribution in [1.29, 1.82) is 0 Å². The molecule has 1 aliphatic carbocycles. The fourth-order valence-corrected chi connectivity index (χ4v) is 3.18. The Bertz CT molecular complexity index is 262. The molecule has 0 aromatic carbocycles. The smallest absolute Gasteiger partial charge is 0.307 e. The lowest BCUT2D eigenvalue weighted by atomic mass is 9.66. The maximum Gasteiger partial charge on any atom is 0.307 e. The second-order valence-corrected chi connectivity index (χ2v) is 5.95. The summed E-state index contributed by atoms with van der Waals surface area (Å²) in [5.74, 6) is -0.229. The van der Waals surface area contributed by atoms with Crippen LogP contribution >= 0.6 is 0 Å². The number of carbonyl (C=O) groups is 1. The summed E-state index contributed by atoms with van der Waals surface area (Å²) in [6, 6.07) is 0.577. The van der Waals surface area contributed by atoms with Gasteiger partial charge in [0.15, 0.2) is 0 Å². The van der Waals surface area contributed by atoms with Gasteiger partial charge < -0.3 is 10.4 Å². The van der Waals surface area contributed by atoms with Crippen molar-refractivity contribution in [2.75, 3.05) is 6.54 Å². The molecule has 2 fully saturated rings. The fraction of sp³-hybridized carbons (Fsp3) is 0.917. The van der Waals surface area contributed by atoms with E-state index in [2.05, 4.69) is 19.2 Å². The van der Waals surface area contributed by atoms with Crippen LogP contribution in [0, 0.1) is 17.3 Å². The van der Waals surface area contributed by atoms with Crippen LogP contribution in [-0.4, -0.2) is 23.7 Å². The molecular formula is C12H21NO2. The summed E-state index contributed by atoms with van der Waals surface area (Å²) < 4.78 is 0. The van der Waals surface area contributed by atoms with Crippen LogP contribution in [0.4, 0.5) is 0 Å². The molecule has 1 heterocycles. The Morgan fingerprint density at radius 1 is 1.47 bits per heavy atom. The van der Waals surface area contributed by atoms with Gasteiger partial charge in [-0.25, -0.2) is 0 Å². The third-order valence-electron chi connectivity index (χ3n) is 4.08. The number of fused-ring (bicyclic) bond motifs is 1. The molecule has 3 nitrogen and oxygen atoms in total. The number of rotatable bonds is 1. The van der Waals surface area contributed by atoms with Gasteiger partial charge in [-0.2, -0.15) is 0 Å². The Kier molecular flexibility index (Phi) is 2.75.